The van der Waals surface area contributed by atoms with E-state index < -0.39 is 11.7 Å². The van der Waals surface area contributed by atoms with Gasteiger partial charge in [0.2, 0.25) is 0 Å². The van der Waals surface area contributed by atoms with Gasteiger partial charge in [0.1, 0.15) is 5.69 Å². The Kier molecular flexibility index (Phi) is 4.29. The van der Waals surface area contributed by atoms with E-state index in [1.807, 2.05) is 24.3 Å². The summed E-state index contributed by atoms with van der Waals surface area (Å²) in [5, 5.41) is 3.71. The van der Waals surface area contributed by atoms with Gasteiger partial charge in [0, 0.05) is 17.4 Å². The van der Waals surface area contributed by atoms with Gasteiger partial charge in [-0.2, -0.15) is 13.2 Å². The second-order valence-electron chi connectivity index (χ2n) is 5.47. The Morgan fingerprint density at radius 2 is 1.75 bits per heavy atom. The first-order valence-corrected chi connectivity index (χ1v) is 7.45. The van der Waals surface area contributed by atoms with Crippen LogP contribution in [0.5, 0.6) is 0 Å². The molecule has 0 aliphatic heterocycles. The van der Waals surface area contributed by atoms with E-state index in [0.29, 0.717) is 18.7 Å². The van der Waals surface area contributed by atoms with Crippen molar-refractivity contribution in [3.05, 3.63) is 71.4 Å². The highest BCUT2D eigenvalue weighted by atomic mass is 19.4. The maximum absolute atomic E-state index is 12.5. The Hall–Kier alpha value is -2.76. The van der Waals surface area contributed by atoms with Gasteiger partial charge in [0.25, 0.3) is 5.91 Å². The quantitative estimate of drug-likeness (QED) is 0.740. The lowest BCUT2D eigenvalue weighted by Gasteiger charge is -2.08. The van der Waals surface area contributed by atoms with Crippen LogP contribution in [0.15, 0.2) is 54.6 Å². The van der Waals surface area contributed by atoms with E-state index in [1.165, 1.54) is 12.1 Å². The van der Waals surface area contributed by atoms with E-state index in [4.69, 9.17) is 0 Å². The topological polar surface area (TPSA) is 44.9 Å². The van der Waals surface area contributed by atoms with Crippen molar-refractivity contribution in [1.82, 2.24) is 10.3 Å². The molecule has 0 aliphatic rings. The number of carbonyl (C=O) groups excluding carboxylic acids is 1. The third-order valence-corrected chi connectivity index (χ3v) is 3.76. The molecule has 1 amide bonds. The predicted octanol–water partition coefficient (Wildman–Crippen LogP) is 4.16. The molecule has 0 fully saturated rings. The minimum atomic E-state index is -4.33. The normalized spacial score (nSPS) is 11.6. The number of nitrogens with one attached hydrogen (secondary N) is 2. The van der Waals surface area contributed by atoms with E-state index in [1.54, 1.807) is 6.07 Å². The molecule has 0 aliphatic carbocycles. The fourth-order valence-electron chi connectivity index (χ4n) is 2.47. The van der Waals surface area contributed by atoms with Crippen LogP contribution in [0.4, 0.5) is 13.2 Å². The Bertz CT molecular complexity index is 818. The molecule has 1 heterocycles. The standard InChI is InChI=1S/C18H15F3N2O/c19-18(20,21)14-7-5-12(6-8-14)9-10-22-17(24)16-11-13-3-1-2-4-15(13)23-16/h1-8,11,23H,9-10H2,(H,22,24). The van der Waals surface area contributed by atoms with Crippen molar-refractivity contribution in [1.29, 1.82) is 0 Å². The van der Waals surface area contributed by atoms with Crippen LogP contribution in [-0.2, 0) is 12.6 Å². The summed E-state index contributed by atoms with van der Waals surface area (Å²) in [5.74, 6) is -0.238. The molecule has 0 radical (unpaired) electrons. The molecule has 3 aromatic rings. The zero-order valence-electron chi connectivity index (χ0n) is 12.7. The third-order valence-electron chi connectivity index (χ3n) is 3.76. The molecule has 24 heavy (non-hydrogen) atoms. The van der Waals surface area contributed by atoms with Crippen molar-refractivity contribution >= 4 is 16.8 Å². The summed E-state index contributed by atoms with van der Waals surface area (Å²) < 4.78 is 37.5. The summed E-state index contributed by atoms with van der Waals surface area (Å²) in [6.07, 6.45) is -3.87. The van der Waals surface area contributed by atoms with Crippen LogP contribution in [-0.4, -0.2) is 17.4 Å². The molecule has 1 aromatic heterocycles. The summed E-state index contributed by atoms with van der Waals surface area (Å²) in [7, 11) is 0. The van der Waals surface area contributed by atoms with Gasteiger partial charge in [-0.05, 0) is 36.2 Å². The first-order chi connectivity index (χ1) is 11.4. The van der Waals surface area contributed by atoms with Crippen molar-refractivity contribution in [2.75, 3.05) is 6.54 Å². The zero-order chi connectivity index (χ0) is 17.2. The summed E-state index contributed by atoms with van der Waals surface area (Å²) in [4.78, 5) is 15.1. The van der Waals surface area contributed by atoms with Crippen molar-refractivity contribution in [2.45, 2.75) is 12.6 Å². The van der Waals surface area contributed by atoms with Crippen molar-refractivity contribution < 1.29 is 18.0 Å². The molecular formula is C18H15F3N2O. The Morgan fingerprint density at radius 3 is 2.42 bits per heavy atom. The minimum absolute atomic E-state index is 0.238. The number of carbonyl (C=O) groups is 1. The Balaban J connectivity index is 1.57. The van der Waals surface area contributed by atoms with Crippen LogP contribution in [0.2, 0.25) is 0 Å². The highest BCUT2D eigenvalue weighted by molar-refractivity contribution is 5.97. The second kappa shape index (κ2) is 6.39. The lowest BCUT2D eigenvalue weighted by molar-refractivity contribution is -0.137. The number of halogens is 3. The fraction of sp³-hybridized carbons (Fsp3) is 0.167. The summed E-state index contributed by atoms with van der Waals surface area (Å²) in [6, 6.07) is 14.3. The molecule has 0 atom stereocenters. The number of benzene rings is 2. The number of aromatic nitrogens is 1. The molecule has 0 unspecified atom stereocenters. The predicted molar refractivity (Wildman–Crippen MR) is 85.8 cm³/mol. The average Bonchev–Trinajstić information content (AvgIpc) is 2.98. The molecule has 0 spiro atoms. The molecule has 0 saturated carbocycles. The number of para-hydroxylation sites is 1. The maximum atomic E-state index is 12.5. The molecule has 124 valence electrons. The number of alkyl halides is 3. The van der Waals surface area contributed by atoms with E-state index in [2.05, 4.69) is 10.3 Å². The largest absolute Gasteiger partial charge is 0.416 e. The minimum Gasteiger partial charge on any atom is -0.351 e. The Morgan fingerprint density at radius 1 is 1.04 bits per heavy atom. The van der Waals surface area contributed by atoms with Crippen molar-refractivity contribution in [3.8, 4) is 0 Å². The molecule has 0 saturated heterocycles. The van der Waals surface area contributed by atoms with Gasteiger partial charge in [0.05, 0.1) is 5.56 Å². The molecule has 0 bridgehead atoms. The second-order valence-corrected chi connectivity index (χ2v) is 5.47. The number of rotatable bonds is 4. The van der Waals surface area contributed by atoms with Crippen LogP contribution in [0.1, 0.15) is 21.6 Å². The molecule has 6 heteroatoms. The summed E-state index contributed by atoms with van der Waals surface area (Å²) in [5.41, 5.74) is 1.40. The van der Waals surface area contributed by atoms with E-state index in [9.17, 15) is 18.0 Å². The van der Waals surface area contributed by atoms with E-state index in [0.717, 1.165) is 28.6 Å². The summed E-state index contributed by atoms with van der Waals surface area (Å²) >= 11 is 0. The smallest absolute Gasteiger partial charge is 0.351 e. The van der Waals surface area contributed by atoms with Crippen LogP contribution < -0.4 is 5.32 Å². The van der Waals surface area contributed by atoms with Gasteiger partial charge < -0.3 is 10.3 Å². The Labute approximate surface area is 136 Å². The number of aromatic amines is 1. The highest BCUT2D eigenvalue weighted by Gasteiger charge is 2.29. The average molecular weight is 332 g/mol. The van der Waals surface area contributed by atoms with Crippen LogP contribution >= 0.6 is 0 Å². The third kappa shape index (κ3) is 3.59. The van der Waals surface area contributed by atoms with Gasteiger partial charge in [-0.25, -0.2) is 0 Å². The monoisotopic (exact) mass is 332 g/mol. The lowest BCUT2D eigenvalue weighted by atomic mass is 10.1. The number of amides is 1. The van der Waals surface area contributed by atoms with Gasteiger partial charge in [0.15, 0.2) is 0 Å². The molecule has 2 N–H and O–H groups in total. The first-order valence-electron chi connectivity index (χ1n) is 7.45. The molecule has 3 nitrogen and oxygen atoms in total. The molecular weight excluding hydrogens is 317 g/mol. The van der Waals surface area contributed by atoms with E-state index in [-0.39, 0.29) is 5.91 Å². The van der Waals surface area contributed by atoms with E-state index >= 15 is 0 Å². The maximum Gasteiger partial charge on any atom is 0.416 e. The number of H-pyrrole nitrogens is 1. The number of hydrogen-bond donors (Lipinski definition) is 2. The zero-order valence-corrected chi connectivity index (χ0v) is 12.7. The van der Waals surface area contributed by atoms with Gasteiger partial charge in [-0.15, -0.1) is 0 Å². The molecule has 2 aromatic carbocycles. The molecule has 3 rings (SSSR count). The SMILES string of the molecule is O=C(NCCc1ccc(C(F)(F)F)cc1)c1cc2ccccc2[nH]1. The van der Waals surface area contributed by atoms with Crippen LogP contribution in [0, 0.1) is 0 Å². The lowest BCUT2D eigenvalue weighted by Crippen LogP contribution is -2.25. The number of fused-ring (bicyclic) bond motifs is 1. The van der Waals surface area contributed by atoms with Crippen LogP contribution in [0.3, 0.4) is 0 Å². The van der Waals surface area contributed by atoms with Crippen molar-refractivity contribution in [2.24, 2.45) is 0 Å². The number of hydrogen-bond acceptors (Lipinski definition) is 1. The van der Waals surface area contributed by atoms with Crippen LogP contribution in [0.25, 0.3) is 10.9 Å². The van der Waals surface area contributed by atoms with Gasteiger partial charge in [-0.1, -0.05) is 30.3 Å². The first kappa shape index (κ1) is 16.1. The fourth-order valence-corrected chi connectivity index (χ4v) is 2.47. The van der Waals surface area contributed by atoms with Gasteiger partial charge >= 0.3 is 6.18 Å². The van der Waals surface area contributed by atoms with Gasteiger partial charge in [-0.3, -0.25) is 4.79 Å². The highest BCUT2D eigenvalue weighted by Crippen LogP contribution is 2.29. The van der Waals surface area contributed by atoms with Crippen molar-refractivity contribution in [3.63, 3.8) is 0 Å². The summed E-state index contributed by atoms with van der Waals surface area (Å²) in [6.45, 7) is 0.347.